The molecule has 0 fully saturated rings. The first-order valence-electron chi connectivity index (χ1n) is 7.78. The number of benzene rings is 1. The third-order valence-electron chi connectivity index (χ3n) is 4.20. The highest BCUT2D eigenvalue weighted by Crippen LogP contribution is 2.21. The van der Waals surface area contributed by atoms with Gasteiger partial charge in [0.05, 0.1) is 5.56 Å². The van der Waals surface area contributed by atoms with Crippen molar-refractivity contribution < 1.29 is 14.0 Å². The Labute approximate surface area is 139 Å². The lowest BCUT2D eigenvalue weighted by Crippen LogP contribution is -2.36. The number of hydrogen-bond acceptors (Lipinski definition) is 3. The molecule has 1 aliphatic heterocycles. The van der Waals surface area contributed by atoms with Crippen molar-refractivity contribution in [3.05, 3.63) is 64.7 Å². The van der Waals surface area contributed by atoms with Gasteiger partial charge >= 0.3 is 0 Å². The van der Waals surface area contributed by atoms with E-state index in [0.717, 1.165) is 16.7 Å². The summed E-state index contributed by atoms with van der Waals surface area (Å²) in [5.41, 5.74) is 3.22. The first-order chi connectivity index (χ1) is 11.5. The molecule has 0 atom stereocenters. The second-order valence-electron chi connectivity index (χ2n) is 5.82. The number of nitrogens with one attached hydrogen (secondary N) is 1. The van der Waals surface area contributed by atoms with Gasteiger partial charge in [0.25, 0.3) is 5.91 Å². The summed E-state index contributed by atoms with van der Waals surface area (Å²) >= 11 is 0. The number of aromatic nitrogens is 1. The van der Waals surface area contributed by atoms with E-state index in [1.807, 2.05) is 0 Å². The van der Waals surface area contributed by atoms with E-state index in [1.165, 1.54) is 19.1 Å². The molecule has 0 bridgehead atoms. The second kappa shape index (κ2) is 6.78. The van der Waals surface area contributed by atoms with E-state index in [0.29, 0.717) is 31.6 Å². The third kappa shape index (κ3) is 3.42. The zero-order valence-corrected chi connectivity index (χ0v) is 13.4. The molecular weight excluding hydrogens is 309 g/mol. The normalized spacial score (nSPS) is 13.3. The highest BCUT2D eigenvalue weighted by Gasteiger charge is 2.23. The lowest BCUT2D eigenvalue weighted by atomic mass is 9.96. The van der Waals surface area contributed by atoms with Crippen LogP contribution in [0.4, 0.5) is 4.39 Å². The summed E-state index contributed by atoms with van der Waals surface area (Å²) in [6.07, 6.45) is 3.90. The fourth-order valence-corrected chi connectivity index (χ4v) is 2.84. The molecule has 1 aliphatic rings. The van der Waals surface area contributed by atoms with Crippen molar-refractivity contribution in [1.29, 1.82) is 0 Å². The molecule has 0 aliphatic carbocycles. The van der Waals surface area contributed by atoms with Crippen LogP contribution in [0.25, 0.3) is 0 Å². The minimum Gasteiger partial charge on any atom is -0.348 e. The predicted molar refractivity (Wildman–Crippen MR) is 86.6 cm³/mol. The number of rotatable bonds is 3. The van der Waals surface area contributed by atoms with Crippen LogP contribution >= 0.6 is 0 Å². The standard InChI is InChI=1S/C18H18FN3O2/c1-12(23)22-7-6-16-14(11-22)9-20-10-17(16)18(24)21-8-13-2-4-15(19)5-3-13/h2-5,9-10H,6-8,11H2,1H3,(H,21,24). The Bertz CT molecular complexity index is 774. The Morgan fingerprint density at radius 2 is 2.00 bits per heavy atom. The molecule has 1 N–H and O–H groups in total. The van der Waals surface area contributed by atoms with Gasteiger partial charge in [-0.15, -0.1) is 0 Å². The maximum atomic E-state index is 12.9. The number of nitrogens with zero attached hydrogens (tertiary/aromatic N) is 2. The maximum Gasteiger partial charge on any atom is 0.253 e. The summed E-state index contributed by atoms with van der Waals surface area (Å²) in [5, 5.41) is 2.84. The van der Waals surface area contributed by atoms with Crippen molar-refractivity contribution in [2.45, 2.75) is 26.4 Å². The molecule has 124 valence electrons. The molecule has 24 heavy (non-hydrogen) atoms. The summed E-state index contributed by atoms with van der Waals surface area (Å²) in [6.45, 7) is 2.95. The van der Waals surface area contributed by atoms with Gasteiger partial charge in [-0.1, -0.05) is 12.1 Å². The van der Waals surface area contributed by atoms with E-state index in [-0.39, 0.29) is 17.6 Å². The number of amides is 2. The number of carbonyl (C=O) groups excluding carboxylic acids is 2. The van der Waals surface area contributed by atoms with Crippen LogP contribution in [0.2, 0.25) is 0 Å². The summed E-state index contributed by atoms with van der Waals surface area (Å²) in [5.74, 6) is -0.492. The summed E-state index contributed by atoms with van der Waals surface area (Å²) in [4.78, 5) is 29.8. The summed E-state index contributed by atoms with van der Waals surface area (Å²) < 4.78 is 12.9. The van der Waals surface area contributed by atoms with Gasteiger partial charge in [0, 0.05) is 39.0 Å². The second-order valence-corrected chi connectivity index (χ2v) is 5.82. The quantitative estimate of drug-likeness (QED) is 0.938. The van der Waals surface area contributed by atoms with E-state index >= 15 is 0 Å². The Kier molecular flexibility index (Phi) is 4.55. The topological polar surface area (TPSA) is 62.3 Å². The van der Waals surface area contributed by atoms with Crippen LogP contribution in [0.15, 0.2) is 36.7 Å². The van der Waals surface area contributed by atoms with Gasteiger partial charge in [0.1, 0.15) is 5.82 Å². The number of hydrogen-bond donors (Lipinski definition) is 1. The molecule has 3 rings (SSSR count). The SMILES string of the molecule is CC(=O)N1CCc2c(cncc2C(=O)NCc2ccc(F)cc2)C1. The molecule has 0 saturated carbocycles. The average Bonchev–Trinajstić information content (AvgIpc) is 2.60. The van der Waals surface area contributed by atoms with Crippen LogP contribution in [0.5, 0.6) is 0 Å². The van der Waals surface area contributed by atoms with E-state index in [4.69, 9.17) is 0 Å². The lowest BCUT2D eigenvalue weighted by molar-refractivity contribution is -0.129. The maximum absolute atomic E-state index is 12.9. The Hall–Kier alpha value is -2.76. The molecule has 2 heterocycles. The molecular formula is C18H18FN3O2. The fourth-order valence-electron chi connectivity index (χ4n) is 2.84. The van der Waals surface area contributed by atoms with Gasteiger partial charge in [0.15, 0.2) is 0 Å². The van der Waals surface area contributed by atoms with Crippen LogP contribution in [-0.4, -0.2) is 28.2 Å². The highest BCUT2D eigenvalue weighted by atomic mass is 19.1. The van der Waals surface area contributed by atoms with Gasteiger partial charge in [-0.25, -0.2) is 4.39 Å². The van der Waals surface area contributed by atoms with Crippen LogP contribution in [0.1, 0.15) is 34.0 Å². The molecule has 0 radical (unpaired) electrons. The molecule has 1 aromatic heterocycles. The van der Waals surface area contributed by atoms with E-state index in [9.17, 15) is 14.0 Å². The largest absolute Gasteiger partial charge is 0.348 e. The molecule has 5 nitrogen and oxygen atoms in total. The number of carbonyl (C=O) groups is 2. The fraction of sp³-hybridized carbons (Fsp3) is 0.278. The molecule has 2 amide bonds. The van der Waals surface area contributed by atoms with Crippen molar-refractivity contribution >= 4 is 11.8 Å². The minimum absolute atomic E-state index is 0.0202. The van der Waals surface area contributed by atoms with Crippen molar-refractivity contribution in [2.75, 3.05) is 6.54 Å². The van der Waals surface area contributed by atoms with Gasteiger partial charge in [-0.05, 0) is 35.2 Å². The van der Waals surface area contributed by atoms with E-state index in [1.54, 1.807) is 29.4 Å². The predicted octanol–water partition coefficient (Wildman–Crippen LogP) is 2.06. The molecule has 0 saturated heterocycles. The average molecular weight is 327 g/mol. The van der Waals surface area contributed by atoms with Crippen molar-refractivity contribution in [1.82, 2.24) is 15.2 Å². The smallest absolute Gasteiger partial charge is 0.253 e. The molecule has 0 unspecified atom stereocenters. The Morgan fingerprint density at radius 3 is 2.71 bits per heavy atom. The zero-order chi connectivity index (χ0) is 17.1. The summed E-state index contributed by atoms with van der Waals surface area (Å²) in [6, 6.07) is 6.01. The number of pyridine rings is 1. The van der Waals surface area contributed by atoms with E-state index < -0.39 is 0 Å². The van der Waals surface area contributed by atoms with Crippen molar-refractivity contribution in [3.8, 4) is 0 Å². The molecule has 6 heteroatoms. The molecule has 2 aromatic rings. The van der Waals surface area contributed by atoms with Crippen LogP contribution in [-0.2, 0) is 24.3 Å². The van der Waals surface area contributed by atoms with Gasteiger partial charge in [-0.3, -0.25) is 14.6 Å². The van der Waals surface area contributed by atoms with Gasteiger partial charge < -0.3 is 10.2 Å². The summed E-state index contributed by atoms with van der Waals surface area (Å²) in [7, 11) is 0. The zero-order valence-electron chi connectivity index (χ0n) is 13.4. The van der Waals surface area contributed by atoms with Crippen molar-refractivity contribution in [3.63, 3.8) is 0 Å². The Balaban J connectivity index is 1.73. The lowest BCUT2D eigenvalue weighted by Gasteiger charge is -2.28. The third-order valence-corrected chi connectivity index (χ3v) is 4.20. The van der Waals surface area contributed by atoms with Gasteiger partial charge in [-0.2, -0.15) is 0 Å². The van der Waals surface area contributed by atoms with Crippen LogP contribution in [0, 0.1) is 5.82 Å². The first-order valence-corrected chi connectivity index (χ1v) is 7.78. The van der Waals surface area contributed by atoms with Crippen LogP contribution < -0.4 is 5.32 Å². The number of halogens is 1. The minimum atomic E-state index is -0.304. The van der Waals surface area contributed by atoms with Crippen molar-refractivity contribution in [2.24, 2.45) is 0 Å². The van der Waals surface area contributed by atoms with E-state index in [2.05, 4.69) is 10.3 Å². The number of fused-ring (bicyclic) bond motifs is 1. The van der Waals surface area contributed by atoms with Gasteiger partial charge in [0.2, 0.25) is 5.91 Å². The van der Waals surface area contributed by atoms with Crippen LogP contribution in [0.3, 0.4) is 0 Å². The highest BCUT2D eigenvalue weighted by molar-refractivity contribution is 5.95. The molecule has 0 spiro atoms. The molecule has 1 aromatic carbocycles. The Morgan fingerprint density at radius 1 is 1.25 bits per heavy atom. The first kappa shape index (κ1) is 16.1. The monoisotopic (exact) mass is 327 g/mol.